The highest BCUT2D eigenvalue weighted by Crippen LogP contribution is 2.24. The summed E-state index contributed by atoms with van der Waals surface area (Å²) in [5, 5.41) is 110. The van der Waals surface area contributed by atoms with Gasteiger partial charge in [-0.3, -0.25) is 111 Å². The Morgan fingerprint density at radius 3 is 1.29 bits per heavy atom. The third-order valence-corrected chi connectivity index (χ3v) is 23.9. The van der Waals surface area contributed by atoms with Gasteiger partial charge in [0.1, 0.15) is 96.7 Å². The largest absolute Gasteiger partial charge is 0.481 e. The first kappa shape index (κ1) is 125. The van der Waals surface area contributed by atoms with Crippen LogP contribution in [0.1, 0.15) is 204 Å². The maximum Gasteiger partial charge on any atom is 0.326 e. The Balaban J connectivity index is 1.97. The molecular formula is C91H147N25O29. The number of benzene rings is 1. The summed E-state index contributed by atoms with van der Waals surface area (Å²) < 4.78 is 0. The highest BCUT2D eigenvalue weighted by Gasteiger charge is 2.45. The third kappa shape index (κ3) is 43.0. The van der Waals surface area contributed by atoms with E-state index in [2.05, 4.69) is 95.4 Å². The molecule has 1 aliphatic rings. The highest BCUT2D eigenvalue weighted by atomic mass is 16.4. The molecule has 0 spiro atoms. The van der Waals surface area contributed by atoms with Gasteiger partial charge in [-0.15, -0.1) is 0 Å². The van der Waals surface area contributed by atoms with Crippen LogP contribution in [0.15, 0.2) is 30.5 Å². The minimum absolute atomic E-state index is 0.0232. The number of carboxylic acid groups (broad SMARTS) is 4. The number of carbonyl (C=O) groups is 23. The average Bonchev–Trinajstić information content (AvgIpc) is 1.71. The number of aromatic nitrogens is 1. The lowest BCUT2D eigenvalue weighted by Crippen LogP contribution is -2.63. The van der Waals surface area contributed by atoms with E-state index in [4.69, 9.17) is 34.1 Å². The molecule has 35 N–H and O–H groups in total. The Bertz CT molecular complexity index is 4860. The van der Waals surface area contributed by atoms with Gasteiger partial charge in [-0.2, -0.15) is 0 Å². The van der Waals surface area contributed by atoms with Gasteiger partial charge in [0, 0.05) is 43.0 Å². The molecule has 2 aromatic rings. The number of nitrogens with one attached hydrogen (secondary N) is 19. The van der Waals surface area contributed by atoms with Gasteiger partial charge < -0.3 is 160 Å². The maximum atomic E-state index is 14.8. The van der Waals surface area contributed by atoms with Crippen LogP contribution in [0.3, 0.4) is 0 Å². The van der Waals surface area contributed by atoms with Crippen molar-refractivity contribution in [3.05, 3.63) is 36.0 Å². The van der Waals surface area contributed by atoms with Crippen LogP contribution in [0.5, 0.6) is 0 Å². The van der Waals surface area contributed by atoms with Crippen LogP contribution in [0.25, 0.3) is 10.9 Å². The molecule has 1 saturated heterocycles. The number of hydrogen-bond donors (Lipinski definition) is 30. The van der Waals surface area contributed by atoms with E-state index < -0.39 is 326 Å². The highest BCUT2D eigenvalue weighted by molar-refractivity contribution is 6.03. The van der Waals surface area contributed by atoms with E-state index in [9.17, 15) is 141 Å². The number of aromatic amines is 1. The van der Waals surface area contributed by atoms with Crippen LogP contribution in [0, 0.1) is 35.0 Å². The van der Waals surface area contributed by atoms with E-state index in [1.54, 1.807) is 85.9 Å². The first-order valence-corrected chi connectivity index (χ1v) is 48.0. The molecular weight excluding hydrogens is 1910 g/mol. The molecule has 54 heteroatoms. The van der Waals surface area contributed by atoms with Gasteiger partial charge in [-0.25, -0.2) is 4.79 Å². The van der Waals surface area contributed by atoms with Crippen molar-refractivity contribution in [1.29, 1.82) is 5.41 Å². The van der Waals surface area contributed by atoms with Gasteiger partial charge >= 0.3 is 23.9 Å². The summed E-state index contributed by atoms with van der Waals surface area (Å²) in [6.07, 6.45) is -7.78. The van der Waals surface area contributed by atoms with Crippen molar-refractivity contribution >= 4 is 153 Å². The number of carbonyl (C=O) groups excluding carboxylic acids is 19. The van der Waals surface area contributed by atoms with Gasteiger partial charge in [0.15, 0.2) is 5.96 Å². The molecule has 54 nitrogen and oxygen atoms in total. The van der Waals surface area contributed by atoms with Crippen LogP contribution in [-0.2, 0) is 117 Å². The molecule has 21 atom stereocenters. The number of para-hydroxylation sites is 1. The number of aliphatic carboxylic acids is 4. The molecule has 19 amide bonds. The molecule has 1 aromatic heterocycles. The van der Waals surface area contributed by atoms with E-state index in [0.717, 1.165) is 11.8 Å². The molecule has 1 aliphatic heterocycles. The predicted octanol–water partition coefficient (Wildman–Crippen LogP) is -7.92. The Labute approximate surface area is 837 Å². The van der Waals surface area contributed by atoms with Crippen molar-refractivity contribution in [3.63, 3.8) is 0 Å². The summed E-state index contributed by atoms with van der Waals surface area (Å²) in [6, 6.07) is -20.7. The molecule has 0 bridgehead atoms. The zero-order valence-electron chi connectivity index (χ0n) is 83.5. The van der Waals surface area contributed by atoms with Crippen molar-refractivity contribution in [2.45, 2.75) is 314 Å². The molecule has 3 rings (SSSR count). The third-order valence-electron chi connectivity index (χ3n) is 23.9. The monoisotopic (exact) mass is 2050 g/mol. The number of nitrogens with zero attached hydrogens (tertiary/aromatic N) is 1. The fourth-order valence-electron chi connectivity index (χ4n) is 15.4. The number of amides is 19. The lowest BCUT2D eigenvalue weighted by molar-refractivity contribution is -0.149. The maximum absolute atomic E-state index is 14.8. The van der Waals surface area contributed by atoms with Crippen LogP contribution < -0.4 is 119 Å². The minimum Gasteiger partial charge on any atom is -0.481 e. The fourth-order valence-corrected chi connectivity index (χ4v) is 15.4. The molecule has 0 radical (unpaired) electrons. The van der Waals surface area contributed by atoms with Crippen LogP contribution in [0.4, 0.5) is 0 Å². The number of guanidine groups is 1. The van der Waals surface area contributed by atoms with E-state index >= 15 is 0 Å². The Kier molecular flexibility index (Phi) is 53.6. The summed E-state index contributed by atoms with van der Waals surface area (Å²) in [4.78, 5) is 319. The number of likely N-dealkylation sites (tertiary alicyclic amines) is 1. The zero-order valence-corrected chi connectivity index (χ0v) is 83.5. The Morgan fingerprint density at radius 1 is 0.421 bits per heavy atom. The molecule has 0 aliphatic carbocycles. The molecule has 2 heterocycles. The van der Waals surface area contributed by atoms with E-state index in [1.807, 2.05) is 0 Å². The molecule has 0 saturated carbocycles. The second-order valence-electron chi connectivity index (χ2n) is 36.8. The summed E-state index contributed by atoms with van der Waals surface area (Å²) in [7, 11) is 0. The molecule has 810 valence electrons. The van der Waals surface area contributed by atoms with E-state index in [1.165, 1.54) is 20.8 Å². The summed E-state index contributed by atoms with van der Waals surface area (Å²) in [5.41, 5.74) is 28.9. The number of rotatable bonds is 67. The van der Waals surface area contributed by atoms with Gasteiger partial charge in [-0.1, -0.05) is 107 Å². The first-order chi connectivity index (χ1) is 68.0. The number of nitrogens with two attached hydrogens (primary N) is 5. The van der Waals surface area contributed by atoms with Gasteiger partial charge in [0.05, 0.1) is 51.0 Å². The number of aliphatic hydroxyl groups is 2. The summed E-state index contributed by atoms with van der Waals surface area (Å²) in [5.74, 6) is -31.4. The number of aliphatic hydroxyl groups excluding tert-OH is 2. The average molecular weight is 2060 g/mol. The Hall–Kier alpha value is -14.3. The normalized spacial score (nSPS) is 16.4. The number of hydrogen-bond acceptors (Lipinski definition) is 28. The fraction of sp³-hybridized carbons (Fsp3) is 0.648. The topological polar surface area (TPSA) is 891 Å². The predicted molar refractivity (Wildman–Crippen MR) is 517 cm³/mol. The summed E-state index contributed by atoms with van der Waals surface area (Å²) in [6.45, 7) is 16.7. The summed E-state index contributed by atoms with van der Waals surface area (Å²) >= 11 is 0. The second kappa shape index (κ2) is 62.3. The number of H-pyrrole nitrogens is 1. The van der Waals surface area contributed by atoms with Gasteiger partial charge in [0.2, 0.25) is 112 Å². The molecule has 145 heavy (non-hydrogen) atoms. The van der Waals surface area contributed by atoms with Crippen molar-refractivity contribution in [3.8, 4) is 0 Å². The minimum atomic E-state index is -2.17. The van der Waals surface area contributed by atoms with Gasteiger partial charge in [0.25, 0.3) is 0 Å². The first-order valence-electron chi connectivity index (χ1n) is 48.0. The van der Waals surface area contributed by atoms with Crippen LogP contribution >= 0.6 is 0 Å². The van der Waals surface area contributed by atoms with Crippen molar-refractivity contribution in [2.75, 3.05) is 32.7 Å². The van der Waals surface area contributed by atoms with Crippen LogP contribution in [0.2, 0.25) is 0 Å². The lowest BCUT2D eigenvalue weighted by Gasteiger charge is -2.33. The number of unbranched alkanes of at least 4 members (excludes halogenated alkanes) is 1. The van der Waals surface area contributed by atoms with Crippen molar-refractivity contribution in [1.82, 2.24) is 100 Å². The Morgan fingerprint density at radius 2 is 0.821 bits per heavy atom. The number of carboxylic acids is 4. The second-order valence-corrected chi connectivity index (χ2v) is 36.8. The van der Waals surface area contributed by atoms with E-state index in [0.29, 0.717) is 16.5 Å². The lowest BCUT2D eigenvalue weighted by atomic mass is 9.94. The van der Waals surface area contributed by atoms with Gasteiger partial charge in [-0.05, 0) is 126 Å². The van der Waals surface area contributed by atoms with Crippen molar-refractivity contribution < 1.29 is 141 Å². The number of primary amides is 2. The quantitative estimate of drug-likeness (QED) is 0.0166. The smallest absolute Gasteiger partial charge is 0.326 e. The molecule has 0 unspecified atom stereocenters. The molecule has 1 aromatic carbocycles. The SMILES string of the molecule is CC[C@H](C)[C@H](NC(=O)[C@H](CC(C)C)NC(=O)[C@H](CCCNC(=N)N)NC(=O)[C@H](CCC(=O)O)NC(=O)[C@H](CC(=O)O)NC(=O)[C@@H](NC(=O)[C@@H](NC(=O)[C@H](CCCCN)NC(=O)[C@H](CC(N)=O)NC(=O)CNC(=O)[C@H](CC(N)=O)NC(=O)[C@H](Cc1c[nH]c2ccccc12)NC(=O)[C@H](CC(C)C)NC(=O)[C@@H](NC(=O)CN)[C@@H](C)O)[C@@H](C)CC)[C@@H](C)CC)C(=O)N[C@H](C(=O)N1CCC[C@H]1C(=O)N[C@@H](CC(=O)O)C(=O)O)[C@@H](C)O. The zero-order chi connectivity index (χ0) is 110. The van der Waals surface area contributed by atoms with Crippen LogP contribution in [-0.4, -0.2) is 324 Å². The van der Waals surface area contributed by atoms with E-state index in [-0.39, 0.29) is 109 Å². The standard InChI is InChI=1S/C91H147N25O29/c1-13-44(8)70(85(139)109-60(37-68(125)126)82(136)104-54(27-28-67(123)124)77(131)102-53(25-20-30-98-91(96)97)76(130)105-56(33-43(6)7)83(137)113-72(46(10)15-3)87(141)115-74(48(12)118)89(143)116-31-21-26-62(116)84(138)110-61(90(144)145)38-69(127)128)114-86(140)71(45(9)14-2)112-78(132)52(24-18-19-29-92)103-81(135)59(36-64(95)120)101-66(122)41-100-75(129)58(35-63(94)119)107-80(134)57(34-49-40-99-51-23-17-16-22-50(49)51)106-79(133)55(32-42(4)5)108-88(142)73(47(11)117)111-65(121)39-93/h16-17,22-23,40,42-48,52-62,70-74,99,117-118H,13-15,18-21,24-39,41,92-93H2,1-12H3,(H2,94,119)(H2,95,120)(H,100,129)(H,101,122)(H,102,131)(H,103,135)(H,104,136)(H,105,130)(H,106,133)(H,107,134)(H,108,142)(H,109,139)(H,110,138)(H,111,121)(H,112,132)(H,113,137)(H,114,140)(H,115,141)(H,123,124)(H,125,126)(H,127,128)(H,144,145)(H4,96,97,98)/t44-,45-,46-,47+,48+,52-,53-,54-,55-,56-,57-,58-,59-,60-,61-,62-,70-,71-,72-,73-,74-/m0/s1. The van der Waals surface area contributed by atoms with Crippen molar-refractivity contribution in [2.24, 2.45) is 58.3 Å². The molecule has 1 fully saturated rings. The number of fused-ring (bicyclic) bond motifs is 1.